The van der Waals surface area contributed by atoms with Crippen LogP contribution in [-0.4, -0.2) is 32.5 Å². The highest BCUT2D eigenvalue weighted by atomic mass is 35.5. The van der Waals surface area contributed by atoms with E-state index in [1.807, 2.05) is 0 Å². The van der Waals surface area contributed by atoms with Gasteiger partial charge in [0.2, 0.25) is 10.0 Å². The molecule has 0 radical (unpaired) electrons. The van der Waals surface area contributed by atoms with E-state index < -0.39 is 27.6 Å². The number of hydrogen-bond acceptors (Lipinski definition) is 2. The summed E-state index contributed by atoms with van der Waals surface area (Å²) in [4.78, 5) is -0.505. The molecule has 0 bridgehead atoms. The van der Waals surface area contributed by atoms with Gasteiger partial charge in [-0.05, 0) is 17.7 Å². The van der Waals surface area contributed by atoms with Crippen molar-refractivity contribution in [2.24, 2.45) is 0 Å². The van der Waals surface area contributed by atoms with Gasteiger partial charge in [0.05, 0.1) is 5.02 Å². The fourth-order valence-electron chi connectivity index (χ4n) is 1.41. The standard InChI is InChI=1S/C10H9Cl3F3NO2S/c1-17(5-10(14,15)16)20(18,19)8-3-7(12)2-6(4-11)9(8)13/h2-3H,4-5H2,1H3. The summed E-state index contributed by atoms with van der Waals surface area (Å²) in [5.74, 6) is -0.120. The largest absolute Gasteiger partial charge is 0.402 e. The number of nitrogens with zero attached hydrogens (tertiary/aromatic N) is 1. The summed E-state index contributed by atoms with van der Waals surface area (Å²) >= 11 is 17.2. The topological polar surface area (TPSA) is 37.4 Å². The molecule has 0 aliphatic heterocycles. The summed E-state index contributed by atoms with van der Waals surface area (Å²) in [6.45, 7) is -1.63. The van der Waals surface area contributed by atoms with E-state index in [0.29, 0.717) is 0 Å². The van der Waals surface area contributed by atoms with E-state index in [-0.39, 0.29) is 25.8 Å². The van der Waals surface area contributed by atoms with Crippen molar-refractivity contribution in [3.63, 3.8) is 0 Å². The van der Waals surface area contributed by atoms with Gasteiger partial charge in [0.1, 0.15) is 11.4 Å². The second-order valence-corrected chi connectivity index (χ2v) is 6.98. The zero-order valence-electron chi connectivity index (χ0n) is 10.0. The summed E-state index contributed by atoms with van der Waals surface area (Å²) in [5.41, 5.74) is 0.222. The highest BCUT2D eigenvalue weighted by Crippen LogP contribution is 2.32. The van der Waals surface area contributed by atoms with Crippen LogP contribution < -0.4 is 0 Å². The maximum absolute atomic E-state index is 12.3. The van der Waals surface area contributed by atoms with Crippen molar-refractivity contribution in [2.45, 2.75) is 17.0 Å². The average molecular weight is 371 g/mol. The van der Waals surface area contributed by atoms with Crippen LogP contribution in [0, 0.1) is 0 Å². The first-order valence-corrected chi connectivity index (χ1v) is 7.79. The monoisotopic (exact) mass is 369 g/mol. The molecular formula is C10H9Cl3F3NO2S. The van der Waals surface area contributed by atoms with Gasteiger partial charge in [-0.2, -0.15) is 17.5 Å². The molecule has 0 amide bonds. The molecule has 0 saturated heterocycles. The second kappa shape index (κ2) is 6.27. The lowest BCUT2D eigenvalue weighted by Gasteiger charge is -2.20. The predicted octanol–water partition coefficient (Wildman–Crippen LogP) is 3.92. The van der Waals surface area contributed by atoms with E-state index in [0.717, 1.165) is 13.1 Å². The quantitative estimate of drug-likeness (QED) is 0.754. The minimum atomic E-state index is -4.66. The van der Waals surface area contributed by atoms with Gasteiger partial charge in [-0.1, -0.05) is 23.2 Å². The van der Waals surface area contributed by atoms with Crippen LogP contribution in [0.5, 0.6) is 0 Å². The molecule has 1 aromatic rings. The molecule has 0 unspecified atom stereocenters. The average Bonchev–Trinajstić information content (AvgIpc) is 2.29. The lowest BCUT2D eigenvalue weighted by molar-refractivity contribution is -0.134. The Bertz CT molecular complexity index is 605. The second-order valence-electron chi connectivity index (χ2n) is 3.89. The van der Waals surface area contributed by atoms with E-state index in [2.05, 4.69) is 0 Å². The molecule has 3 nitrogen and oxygen atoms in total. The summed E-state index contributed by atoms with van der Waals surface area (Å²) in [6.07, 6.45) is -4.66. The van der Waals surface area contributed by atoms with Crippen LogP contribution >= 0.6 is 34.8 Å². The van der Waals surface area contributed by atoms with Gasteiger partial charge in [0.25, 0.3) is 0 Å². The Hall–Kier alpha value is -0.210. The Morgan fingerprint density at radius 2 is 1.80 bits per heavy atom. The highest BCUT2D eigenvalue weighted by molar-refractivity contribution is 7.89. The number of hydrogen-bond donors (Lipinski definition) is 0. The number of alkyl halides is 4. The van der Waals surface area contributed by atoms with Crippen molar-refractivity contribution >= 4 is 44.8 Å². The fraction of sp³-hybridized carbons (Fsp3) is 0.400. The zero-order valence-corrected chi connectivity index (χ0v) is 13.1. The molecule has 0 heterocycles. The third kappa shape index (κ3) is 4.14. The summed E-state index contributed by atoms with van der Waals surface area (Å²) in [7, 11) is -3.61. The van der Waals surface area contributed by atoms with E-state index in [1.165, 1.54) is 6.07 Å². The van der Waals surface area contributed by atoms with Gasteiger partial charge in [-0.3, -0.25) is 0 Å². The molecule has 0 saturated carbocycles. The van der Waals surface area contributed by atoms with E-state index >= 15 is 0 Å². The van der Waals surface area contributed by atoms with Gasteiger partial charge in [0, 0.05) is 18.0 Å². The highest BCUT2D eigenvalue weighted by Gasteiger charge is 2.36. The lowest BCUT2D eigenvalue weighted by Crippen LogP contribution is -2.36. The summed E-state index contributed by atoms with van der Waals surface area (Å²) in [6, 6.07) is 2.34. The smallest absolute Gasteiger partial charge is 0.207 e. The van der Waals surface area contributed by atoms with Gasteiger partial charge in [0.15, 0.2) is 0 Å². The molecule has 0 aliphatic carbocycles. The summed E-state index contributed by atoms with van der Waals surface area (Å²) in [5, 5.41) is -0.220. The fourth-order valence-corrected chi connectivity index (χ4v) is 3.75. The number of benzene rings is 1. The molecule has 114 valence electrons. The van der Waals surface area contributed by atoms with Crippen LogP contribution in [0.25, 0.3) is 0 Å². The molecule has 0 aromatic heterocycles. The minimum absolute atomic E-state index is 0.0176. The molecule has 1 rings (SSSR count). The van der Waals surface area contributed by atoms with E-state index in [1.54, 1.807) is 0 Å². The van der Waals surface area contributed by atoms with Crippen LogP contribution in [-0.2, 0) is 15.9 Å². The number of halogens is 6. The van der Waals surface area contributed by atoms with Crippen molar-refractivity contribution in [1.82, 2.24) is 4.31 Å². The first-order valence-electron chi connectivity index (χ1n) is 5.06. The predicted molar refractivity (Wildman–Crippen MR) is 71.9 cm³/mol. The van der Waals surface area contributed by atoms with Crippen molar-refractivity contribution in [3.05, 3.63) is 27.7 Å². The third-order valence-electron chi connectivity index (χ3n) is 2.31. The van der Waals surface area contributed by atoms with E-state index in [4.69, 9.17) is 34.8 Å². The van der Waals surface area contributed by atoms with Crippen LogP contribution in [0.15, 0.2) is 17.0 Å². The van der Waals surface area contributed by atoms with Crippen LogP contribution in [0.2, 0.25) is 10.0 Å². The van der Waals surface area contributed by atoms with Gasteiger partial charge in [-0.15, -0.1) is 11.6 Å². The Morgan fingerprint density at radius 1 is 1.25 bits per heavy atom. The van der Waals surface area contributed by atoms with Gasteiger partial charge in [-0.25, -0.2) is 8.42 Å². The Kier molecular flexibility index (Phi) is 5.60. The Morgan fingerprint density at radius 3 is 2.25 bits per heavy atom. The number of sulfonamides is 1. The van der Waals surface area contributed by atoms with Crippen LogP contribution in [0.3, 0.4) is 0 Å². The van der Waals surface area contributed by atoms with Crippen LogP contribution in [0.4, 0.5) is 13.2 Å². The molecule has 0 atom stereocenters. The molecule has 0 aliphatic rings. The number of rotatable bonds is 4. The lowest BCUT2D eigenvalue weighted by atomic mass is 10.2. The molecule has 20 heavy (non-hydrogen) atoms. The maximum Gasteiger partial charge on any atom is 0.402 e. The molecule has 1 aromatic carbocycles. The minimum Gasteiger partial charge on any atom is -0.207 e. The van der Waals surface area contributed by atoms with E-state index in [9.17, 15) is 21.6 Å². The first kappa shape index (κ1) is 17.8. The third-order valence-corrected chi connectivity index (χ3v) is 5.21. The molecule has 10 heteroatoms. The summed E-state index contributed by atoms with van der Waals surface area (Å²) < 4.78 is 61.2. The maximum atomic E-state index is 12.3. The SMILES string of the molecule is CN(CC(F)(F)F)S(=O)(=O)c1cc(Cl)cc(CCl)c1Cl. The Labute approximate surface area is 129 Å². The molecule has 0 spiro atoms. The normalized spacial score (nSPS) is 13.0. The molecular weight excluding hydrogens is 362 g/mol. The Balaban J connectivity index is 3.32. The van der Waals surface area contributed by atoms with Gasteiger partial charge >= 0.3 is 6.18 Å². The van der Waals surface area contributed by atoms with Crippen LogP contribution in [0.1, 0.15) is 5.56 Å². The van der Waals surface area contributed by atoms with Crippen molar-refractivity contribution < 1.29 is 21.6 Å². The van der Waals surface area contributed by atoms with Crippen molar-refractivity contribution in [1.29, 1.82) is 0 Å². The first-order chi connectivity index (χ1) is 8.99. The molecule has 0 fully saturated rings. The van der Waals surface area contributed by atoms with Crippen molar-refractivity contribution in [2.75, 3.05) is 13.6 Å². The zero-order chi connectivity index (χ0) is 15.7. The van der Waals surface area contributed by atoms with Crippen molar-refractivity contribution in [3.8, 4) is 0 Å². The molecule has 0 N–H and O–H groups in total. The van der Waals surface area contributed by atoms with Gasteiger partial charge < -0.3 is 0 Å².